The fourth-order valence-corrected chi connectivity index (χ4v) is 2.89. The third-order valence-electron chi connectivity index (χ3n) is 4.14. The average Bonchev–Trinajstić information content (AvgIpc) is 2.94. The van der Waals surface area contributed by atoms with Gasteiger partial charge in [-0.1, -0.05) is 48.0 Å². The molecule has 0 unspecified atom stereocenters. The van der Waals surface area contributed by atoms with Gasteiger partial charge in [0.2, 0.25) is 5.91 Å². The van der Waals surface area contributed by atoms with Gasteiger partial charge in [0, 0.05) is 6.54 Å². The minimum Gasteiger partial charge on any atom is -0.352 e. The highest BCUT2D eigenvalue weighted by Crippen LogP contribution is 2.22. The van der Waals surface area contributed by atoms with Crippen molar-refractivity contribution in [2.75, 3.05) is 0 Å². The van der Waals surface area contributed by atoms with E-state index in [1.54, 1.807) is 0 Å². The Bertz CT molecular complexity index is 643. The lowest BCUT2D eigenvalue weighted by Crippen LogP contribution is -2.24. The van der Waals surface area contributed by atoms with Gasteiger partial charge in [0.15, 0.2) is 0 Å². The maximum atomic E-state index is 12.0. The number of fused-ring (bicyclic) bond motifs is 1. The third kappa shape index (κ3) is 3.52. The van der Waals surface area contributed by atoms with Crippen molar-refractivity contribution in [1.82, 2.24) is 5.32 Å². The quantitative estimate of drug-likeness (QED) is 0.913. The molecule has 1 amide bonds. The second-order valence-corrected chi connectivity index (χ2v) is 5.90. The SMILES string of the molecule is Cc1ccc(CNC(=O)Cc2ccc3c(c2)CCC3)cc1. The highest BCUT2D eigenvalue weighted by atomic mass is 16.1. The van der Waals surface area contributed by atoms with Crippen LogP contribution >= 0.6 is 0 Å². The van der Waals surface area contributed by atoms with Crippen LogP contribution in [0, 0.1) is 6.92 Å². The van der Waals surface area contributed by atoms with Crippen LogP contribution in [0.3, 0.4) is 0 Å². The fourth-order valence-electron chi connectivity index (χ4n) is 2.89. The molecular formula is C19H21NO. The minimum atomic E-state index is 0.0912. The topological polar surface area (TPSA) is 29.1 Å². The monoisotopic (exact) mass is 279 g/mol. The molecule has 0 atom stereocenters. The van der Waals surface area contributed by atoms with Crippen LogP contribution in [0.2, 0.25) is 0 Å². The highest BCUT2D eigenvalue weighted by molar-refractivity contribution is 5.78. The summed E-state index contributed by atoms with van der Waals surface area (Å²) in [5, 5.41) is 3.00. The zero-order valence-corrected chi connectivity index (χ0v) is 12.5. The van der Waals surface area contributed by atoms with E-state index in [0.29, 0.717) is 13.0 Å². The van der Waals surface area contributed by atoms with Crippen LogP contribution in [0.1, 0.15) is 34.2 Å². The van der Waals surface area contributed by atoms with Crippen LogP contribution < -0.4 is 5.32 Å². The van der Waals surface area contributed by atoms with Gasteiger partial charge in [-0.2, -0.15) is 0 Å². The minimum absolute atomic E-state index is 0.0912. The summed E-state index contributed by atoms with van der Waals surface area (Å²) >= 11 is 0. The first kappa shape index (κ1) is 13.9. The first-order valence-corrected chi connectivity index (χ1v) is 7.63. The van der Waals surface area contributed by atoms with Gasteiger partial charge in [0.1, 0.15) is 0 Å². The van der Waals surface area contributed by atoms with Gasteiger partial charge in [0.05, 0.1) is 6.42 Å². The number of hydrogen-bond acceptors (Lipinski definition) is 1. The summed E-state index contributed by atoms with van der Waals surface area (Å²) in [4.78, 5) is 12.0. The van der Waals surface area contributed by atoms with E-state index in [1.807, 2.05) is 0 Å². The molecule has 2 heteroatoms. The standard InChI is InChI=1S/C19H21NO/c1-14-5-7-15(8-6-14)13-20-19(21)12-16-9-10-17-3-2-4-18(17)11-16/h5-11H,2-4,12-13H2,1H3,(H,20,21). The maximum Gasteiger partial charge on any atom is 0.224 e. The zero-order chi connectivity index (χ0) is 14.7. The first-order valence-electron chi connectivity index (χ1n) is 7.63. The van der Waals surface area contributed by atoms with E-state index in [-0.39, 0.29) is 5.91 Å². The number of carbonyl (C=O) groups is 1. The predicted octanol–water partition coefficient (Wildman–Crippen LogP) is 3.34. The lowest BCUT2D eigenvalue weighted by Gasteiger charge is -2.07. The number of carbonyl (C=O) groups excluding carboxylic acids is 1. The highest BCUT2D eigenvalue weighted by Gasteiger charge is 2.12. The maximum absolute atomic E-state index is 12.0. The molecule has 0 saturated carbocycles. The number of hydrogen-bond donors (Lipinski definition) is 1. The second-order valence-electron chi connectivity index (χ2n) is 5.90. The largest absolute Gasteiger partial charge is 0.352 e. The molecule has 1 aliphatic carbocycles. The Morgan fingerprint density at radius 2 is 1.71 bits per heavy atom. The lowest BCUT2D eigenvalue weighted by molar-refractivity contribution is -0.120. The molecular weight excluding hydrogens is 258 g/mol. The van der Waals surface area contributed by atoms with Gasteiger partial charge in [-0.15, -0.1) is 0 Å². The average molecular weight is 279 g/mol. The van der Waals surface area contributed by atoms with Gasteiger partial charge in [0.25, 0.3) is 0 Å². The van der Waals surface area contributed by atoms with E-state index in [9.17, 15) is 4.79 Å². The van der Waals surface area contributed by atoms with E-state index in [2.05, 4.69) is 54.7 Å². The molecule has 0 aliphatic heterocycles. The fraction of sp³-hybridized carbons (Fsp3) is 0.316. The molecule has 1 aliphatic rings. The van der Waals surface area contributed by atoms with Crippen molar-refractivity contribution in [2.24, 2.45) is 0 Å². The van der Waals surface area contributed by atoms with Crippen molar-refractivity contribution in [2.45, 2.75) is 39.2 Å². The van der Waals surface area contributed by atoms with Crippen LogP contribution in [0.15, 0.2) is 42.5 Å². The summed E-state index contributed by atoms with van der Waals surface area (Å²) in [6.45, 7) is 2.67. The molecule has 0 radical (unpaired) electrons. The molecule has 2 nitrogen and oxygen atoms in total. The van der Waals surface area contributed by atoms with Gasteiger partial charge in [-0.05, 0) is 48.4 Å². The van der Waals surface area contributed by atoms with E-state index in [4.69, 9.17) is 0 Å². The van der Waals surface area contributed by atoms with Crippen LogP contribution in [0.4, 0.5) is 0 Å². The zero-order valence-electron chi connectivity index (χ0n) is 12.5. The normalized spacial score (nSPS) is 13.0. The number of benzene rings is 2. The van der Waals surface area contributed by atoms with Crippen LogP contribution in [-0.4, -0.2) is 5.91 Å². The summed E-state index contributed by atoms with van der Waals surface area (Å²) in [7, 11) is 0. The van der Waals surface area contributed by atoms with Crippen molar-refractivity contribution in [3.8, 4) is 0 Å². The molecule has 2 aromatic rings. The summed E-state index contributed by atoms with van der Waals surface area (Å²) in [6.07, 6.45) is 4.07. The molecule has 0 spiro atoms. The molecule has 0 saturated heterocycles. The van der Waals surface area contributed by atoms with Crippen LogP contribution in [0.25, 0.3) is 0 Å². The van der Waals surface area contributed by atoms with Gasteiger partial charge >= 0.3 is 0 Å². The third-order valence-corrected chi connectivity index (χ3v) is 4.14. The summed E-state index contributed by atoms with van der Waals surface area (Å²) in [6, 6.07) is 14.7. The molecule has 0 fully saturated rings. The number of nitrogens with one attached hydrogen (secondary N) is 1. The molecule has 0 aromatic heterocycles. The van der Waals surface area contributed by atoms with E-state index < -0.39 is 0 Å². The predicted molar refractivity (Wildman–Crippen MR) is 85.2 cm³/mol. The smallest absolute Gasteiger partial charge is 0.224 e. The number of aryl methyl sites for hydroxylation is 3. The Morgan fingerprint density at radius 3 is 2.52 bits per heavy atom. The van der Waals surface area contributed by atoms with Gasteiger partial charge < -0.3 is 5.32 Å². The van der Waals surface area contributed by atoms with Crippen molar-refractivity contribution < 1.29 is 4.79 Å². The first-order chi connectivity index (χ1) is 10.2. The molecule has 3 rings (SSSR count). The Kier molecular flexibility index (Phi) is 4.05. The Hall–Kier alpha value is -2.09. The van der Waals surface area contributed by atoms with Crippen molar-refractivity contribution in [1.29, 1.82) is 0 Å². The molecule has 108 valence electrons. The summed E-state index contributed by atoms with van der Waals surface area (Å²) < 4.78 is 0. The molecule has 0 bridgehead atoms. The Labute approximate surface area is 126 Å². The second kappa shape index (κ2) is 6.13. The van der Waals surface area contributed by atoms with Crippen molar-refractivity contribution >= 4 is 5.91 Å². The van der Waals surface area contributed by atoms with E-state index in [1.165, 1.54) is 29.5 Å². The summed E-state index contributed by atoms with van der Waals surface area (Å²) in [5.41, 5.74) is 6.39. The van der Waals surface area contributed by atoms with Crippen LogP contribution in [0.5, 0.6) is 0 Å². The molecule has 0 heterocycles. The van der Waals surface area contributed by atoms with E-state index >= 15 is 0 Å². The molecule has 2 aromatic carbocycles. The number of rotatable bonds is 4. The Morgan fingerprint density at radius 1 is 1.00 bits per heavy atom. The summed E-state index contributed by atoms with van der Waals surface area (Å²) in [5.74, 6) is 0.0912. The van der Waals surface area contributed by atoms with E-state index in [0.717, 1.165) is 17.5 Å². The van der Waals surface area contributed by atoms with Crippen LogP contribution in [-0.2, 0) is 30.6 Å². The van der Waals surface area contributed by atoms with Crippen molar-refractivity contribution in [3.63, 3.8) is 0 Å². The molecule has 1 N–H and O–H groups in total. The number of amides is 1. The van der Waals surface area contributed by atoms with Crippen molar-refractivity contribution in [3.05, 3.63) is 70.3 Å². The Balaban J connectivity index is 1.55. The van der Waals surface area contributed by atoms with Gasteiger partial charge in [-0.25, -0.2) is 0 Å². The lowest BCUT2D eigenvalue weighted by atomic mass is 10.0. The molecule has 21 heavy (non-hydrogen) atoms. The van der Waals surface area contributed by atoms with Gasteiger partial charge in [-0.3, -0.25) is 4.79 Å².